The Hall–Kier alpha value is -1.10. The third-order valence-corrected chi connectivity index (χ3v) is 4.86. The summed E-state index contributed by atoms with van der Waals surface area (Å²) in [6, 6.07) is 6.26. The van der Waals surface area contributed by atoms with Gasteiger partial charge in [-0.3, -0.25) is 0 Å². The standard InChI is InChI=1S/C23H39N3O4.HI/c1-4-24-23(25-10-5-12-28-17-20-9-14-29-18-20)26-16-21-8-7-19(2)15-22(21)30-13-6-11-27-3;/h7-8,15,20H,4-6,9-14,16-18H2,1-3H3,(H2,24,25,26);1H. The Labute approximate surface area is 204 Å². The van der Waals surface area contributed by atoms with Crippen LogP contribution in [-0.4, -0.2) is 65.8 Å². The highest BCUT2D eigenvalue weighted by Gasteiger charge is 2.15. The first-order chi connectivity index (χ1) is 14.7. The maximum Gasteiger partial charge on any atom is 0.191 e. The van der Waals surface area contributed by atoms with Gasteiger partial charge in [0.1, 0.15) is 5.75 Å². The molecule has 2 rings (SSSR count). The van der Waals surface area contributed by atoms with Gasteiger partial charge in [0.2, 0.25) is 0 Å². The second kappa shape index (κ2) is 17.5. The quantitative estimate of drug-likeness (QED) is 0.160. The van der Waals surface area contributed by atoms with E-state index >= 15 is 0 Å². The predicted molar refractivity (Wildman–Crippen MR) is 136 cm³/mol. The van der Waals surface area contributed by atoms with Gasteiger partial charge in [-0.25, -0.2) is 4.99 Å². The van der Waals surface area contributed by atoms with E-state index in [0.29, 0.717) is 25.7 Å². The maximum absolute atomic E-state index is 5.96. The van der Waals surface area contributed by atoms with Gasteiger partial charge in [-0.1, -0.05) is 12.1 Å². The van der Waals surface area contributed by atoms with Crippen LogP contribution in [0, 0.1) is 12.8 Å². The number of hydrogen-bond acceptors (Lipinski definition) is 5. The van der Waals surface area contributed by atoms with Crippen molar-refractivity contribution in [2.45, 2.75) is 39.7 Å². The molecular formula is C23H40IN3O4. The lowest BCUT2D eigenvalue weighted by Crippen LogP contribution is -2.38. The fourth-order valence-corrected chi connectivity index (χ4v) is 3.16. The van der Waals surface area contributed by atoms with Gasteiger partial charge in [-0.15, -0.1) is 24.0 Å². The van der Waals surface area contributed by atoms with E-state index in [0.717, 1.165) is 76.1 Å². The first kappa shape index (κ1) is 27.9. The fraction of sp³-hybridized carbons (Fsp3) is 0.696. The molecule has 31 heavy (non-hydrogen) atoms. The van der Waals surface area contributed by atoms with Crippen LogP contribution in [0.3, 0.4) is 0 Å². The van der Waals surface area contributed by atoms with Crippen molar-refractivity contribution in [3.8, 4) is 5.75 Å². The largest absolute Gasteiger partial charge is 0.493 e. The fourth-order valence-electron chi connectivity index (χ4n) is 3.16. The van der Waals surface area contributed by atoms with Crippen molar-refractivity contribution < 1.29 is 18.9 Å². The summed E-state index contributed by atoms with van der Waals surface area (Å²) < 4.78 is 22.2. The number of hydrogen-bond donors (Lipinski definition) is 2. The minimum Gasteiger partial charge on any atom is -0.493 e. The molecule has 0 saturated carbocycles. The molecule has 8 heteroatoms. The van der Waals surface area contributed by atoms with Gasteiger partial charge < -0.3 is 29.6 Å². The SMILES string of the molecule is CCNC(=NCc1ccc(C)cc1OCCCOC)NCCCOCC1CCOC1.I. The number of benzene rings is 1. The van der Waals surface area contributed by atoms with E-state index in [2.05, 4.69) is 42.7 Å². The Bertz CT molecular complexity index is 625. The molecule has 1 aromatic rings. The lowest BCUT2D eigenvalue weighted by Gasteiger charge is -2.14. The summed E-state index contributed by atoms with van der Waals surface area (Å²) in [6.45, 7) is 10.9. The van der Waals surface area contributed by atoms with E-state index in [1.54, 1.807) is 7.11 Å². The van der Waals surface area contributed by atoms with Gasteiger partial charge in [0, 0.05) is 57.9 Å². The average Bonchev–Trinajstić information content (AvgIpc) is 3.26. The van der Waals surface area contributed by atoms with Crippen LogP contribution in [0.5, 0.6) is 5.75 Å². The molecule has 1 heterocycles. The van der Waals surface area contributed by atoms with Gasteiger partial charge >= 0.3 is 0 Å². The molecule has 1 saturated heterocycles. The number of methoxy groups -OCH3 is 1. The van der Waals surface area contributed by atoms with E-state index in [1.807, 2.05) is 0 Å². The van der Waals surface area contributed by atoms with E-state index < -0.39 is 0 Å². The molecule has 7 nitrogen and oxygen atoms in total. The van der Waals surface area contributed by atoms with Crippen molar-refractivity contribution in [1.29, 1.82) is 0 Å². The lowest BCUT2D eigenvalue weighted by molar-refractivity contribution is 0.0888. The number of nitrogens with one attached hydrogen (secondary N) is 2. The molecule has 2 N–H and O–H groups in total. The van der Waals surface area contributed by atoms with Gasteiger partial charge in [-0.05, 0) is 38.3 Å². The zero-order chi connectivity index (χ0) is 21.4. The lowest BCUT2D eigenvalue weighted by atomic mass is 10.1. The molecule has 1 aliphatic heterocycles. The summed E-state index contributed by atoms with van der Waals surface area (Å²) in [4.78, 5) is 4.73. The molecule has 0 aromatic heterocycles. The Morgan fingerprint density at radius 2 is 2.06 bits per heavy atom. The van der Waals surface area contributed by atoms with Gasteiger partial charge in [0.15, 0.2) is 5.96 Å². The highest BCUT2D eigenvalue weighted by Crippen LogP contribution is 2.21. The second-order valence-electron chi connectivity index (χ2n) is 7.59. The third-order valence-electron chi connectivity index (χ3n) is 4.86. The molecule has 0 radical (unpaired) electrons. The minimum absolute atomic E-state index is 0. The molecule has 0 spiro atoms. The molecule has 1 atom stereocenters. The van der Waals surface area contributed by atoms with Crippen molar-refractivity contribution >= 4 is 29.9 Å². The number of rotatable bonds is 14. The Balaban J connectivity index is 0.00000480. The van der Waals surface area contributed by atoms with Crippen LogP contribution in [0.1, 0.15) is 37.3 Å². The van der Waals surface area contributed by atoms with E-state index in [-0.39, 0.29) is 24.0 Å². The summed E-state index contributed by atoms with van der Waals surface area (Å²) in [5.74, 6) is 2.28. The normalized spacial score (nSPS) is 16.1. The molecule has 1 fully saturated rings. The molecule has 1 unspecified atom stereocenters. The number of aryl methyl sites for hydroxylation is 1. The number of ether oxygens (including phenoxy) is 4. The molecule has 1 aromatic carbocycles. The summed E-state index contributed by atoms with van der Waals surface area (Å²) in [5.41, 5.74) is 2.26. The van der Waals surface area contributed by atoms with Crippen molar-refractivity contribution in [3.05, 3.63) is 29.3 Å². The number of aliphatic imine (C=N–C) groups is 1. The van der Waals surface area contributed by atoms with Crippen LogP contribution < -0.4 is 15.4 Å². The minimum atomic E-state index is 0. The monoisotopic (exact) mass is 549 g/mol. The smallest absolute Gasteiger partial charge is 0.191 e. The second-order valence-corrected chi connectivity index (χ2v) is 7.59. The zero-order valence-electron chi connectivity index (χ0n) is 19.3. The van der Waals surface area contributed by atoms with Crippen molar-refractivity contribution in [2.24, 2.45) is 10.9 Å². The molecule has 0 amide bonds. The van der Waals surface area contributed by atoms with Crippen LogP contribution >= 0.6 is 24.0 Å². The van der Waals surface area contributed by atoms with Gasteiger partial charge in [0.05, 0.1) is 26.4 Å². The maximum atomic E-state index is 5.96. The molecular weight excluding hydrogens is 509 g/mol. The number of nitrogens with zero attached hydrogens (tertiary/aromatic N) is 1. The first-order valence-electron chi connectivity index (χ1n) is 11.1. The van der Waals surface area contributed by atoms with Crippen LogP contribution in [0.15, 0.2) is 23.2 Å². The highest BCUT2D eigenvalue weighted by atomic mass is 127. The predicted octanol–water partition coefficient (Wildman–Crippen LogP) is 3.53. The molecule has 0 bridgehead atoms. The summed E-state index contributed by atoms with van der Waals surface area (Å²) in [6.07, 6.45) is 2.93. The number of halogens is 1. The summed E-state index contributed by atoms with van der Waals surface area (Å²) in [7, 11) is 1.71. The van der Waals surface area contributed by atoms with Gasteiger partial charge in [-0.2, -0.15) is 0 Å². The van der Waals surface area contributed by atoms with E-state index in [4.69, 9.17) is 23.9 Å². The first-order valence-corrected chi connectivity index (χ1v) is 11.1. The Morgan fingerprint density at radius 3 is 2.81 bits per heavy atom. The summed E-state index contributed by atoms with van der Waals surface area (Å²) in [5, 5.41) is 6.69. The summed E-state index contributed by atoms with van der Waals surface area (Å²) >= 11 is 0. The van der Waals surface area contributed by atoms with Crippen LogP contribution in [0.25, 0.3) is 0 Å². The molecule has 1 aliphatic rings. The van der Waals surface area contributed by atoms with Crippen molar-refractivity contribution in [1.82, 2.24) is 10.6 Å². The third kappa shape index (κ3) is 11.9. The zero-order valence-corrected chi connectivity index (χ0v) is 21.6. The van der Waals surface area contributed by atoms with Crippen molar-refractivity contribution in [2.75, 3.05) is 59.8 Å². The van der Waals surface area contributed by atoms with Crippen LogP contribution in [0.4, 0.5) is 0 Å². The molecule has 178 valence electrons. The van der Waals surface area contributed by atoms with E-state index in [1.165, 1.54) is 5.56 Å². The van der Waals surface area contributed by atoms with Crippen molar-refractivity contribution in [3.63, 3.8) is 0 Å². The van der Waals surface area contributed by atoms with Crippen LogP contribution in [-0.2, 0) is 20.8 Å². The number of guanidine groups is 1. The van der Waals surface area contributed by atoms with Crippen LogP contribution in [0.2, 0.25) is 0 Å². The van der Waals surface area contributed by atoms with E-state index in [9.17, 15) is 0 Å². The highest BCUT2D eigenvalue weighted by molar-refractivity contribution is 14.0. The molecule has 0 aliphatic carbocycles. The van der Waals surface area contributed by atoms with Gasteiger partial charge in [0.25, 0.3) is 0 Å². The Morgan fingerprint density at radius 1 is 1.19 bits per heavy atom. The Kier molecular flexibility index (Phi) is 15.7. The topological polar surface area (TPSA) is 73.3 Å². The average molecular weight is 549 g/mol.